The molecule has 1 atom stereocenters. The minimum absolute atomic E-state index is 0.00618. The topological polar surface area (TPSA) is 46.2 Å². The van der Waals surface area contributed by atoms with Gasteiger partial charge in [-0.25, -0.2) is 8.78 Å². The molecular weight excluding hydrogens is 492 g/mol. The molecule has 6 rings (SSSR count). The Balaban J connectivity index is 1.40. The minimum Gasteiger partial charge on any atom is -0.322 e. The quantitative estimate of drug-likeness (QED) is 0.327. The van der Waals surface area contributed by atoms with Gasteiger partial charge in [0.2, 0.25) is 0 Å². The summed E-state index contributed by atoms with van der Waals surface area (Å²) < 4.78 is 26.7. The molecule has 194 valence electrons. The number of amides is 1. The summed E-state index contributed by atoms with van der Waals surface area (Å²) in [6.07, 6.45) is 5.69. The number of halogens is 2. The zero-order valence-corrected chi connectivity index (χ0v) is 21.7. The van der Waals surface area contributed by atoms with Crippen molar-refractivity contribution in [1.82, 2.24) is 0 Å². The fourth-order valence-electron chi connectivity index (χ4n) is 5.88. The van der Waals surface area contributed by atoms with Crippen LogP contribution in [0.1, 0.15) is 52.1 Å². The summed E-state index contributed by atoms with van der Waals surface area (Å²) in [5.74, 6) is -1.38. The molecule has 0 saturated carbocycles. The average molecular weight is 520 g/mol. The molecule has 0 bridgehead atoms. The Morgan fingerprint density at radius 3 is 2.15 bits per heavy atom. The molecule has 0 heterocycles. The van der Waals surface area contributed by atoms with Crippen LogP contribution in [0, 0.1) is 17.6 Å². The highest BCUT2D eigenvalue weighted by Crippen LogP contribution is 2.35. The molecule has 2 aliphatic carbocycles. The van der Waals surface area contributed by atoms with Crippen molar-refractivity contribution in [2.24, 2.45) is 5.92 Å². The Hall–Kier alpha value is -4.38. The SMILES string of the molecule is CC1(C)CC(C(=O)c2ccc(F)cc2)C=c2c1ccc1c2=CCc2ccc(NC(=O)c3ccc(F)cc3)cc2-1. The van der Waals surface area contributed by atoms with Crippen molar-refractivity contribution in [3.05, 3.63) is 123 Å². The molecule has 0 radical (unpaired) electrons. The third kappa shape index (κ3) is 4.59. The molecule has 39 heavy (non-hydrogen) atoms. The summed E-state index contributed by atoms with van der Waals surface area (Å²) in [7, 11) is 0. The van der Waals surface area contributed by atoms with E-state index in [9.17, 15) is 18.4 Å². The lowest BCUT2D eigenvalue weighted by molar-refractivity contribution is 0.0933. The van der Waals surface area contributed by atoms with Gasteiger partial charge in [0.15, 0.2) is 5.78 Å². The molecule has 0 aliphatic heterocycles. The van der Waals surface area contributed by atoms with Crippen LogP contribution in [0.2, 0.25) is 0 Å². The van der Waals surface area contributed by atoms with E-state index in [1.165, 1.54) is 42.0 Å². The van der Waals surface area contributed by atoms with Gasteiger partial charge in [-0.1, -0.05) is 44.2 Å². The normalized spacial score (nSPS) is 16.6. The fourth-order valence-corrected chi connectivity index (χ4v) is 5.88. The van der Waals surface area contributed by atoms with Crippen molar-refractivity contribution in [2.75, 3.05) is 5.32 Å². The molecule has 1 N–H and O–H groups in total. The van der Waals surface area contributed by atoms with Gasteiger partial charge in [0.05, 0.1) is 0 Å². The number of carbonyl (C=O) groups excluding carboxylic acids is 2. The highest BCUT2D eigenvalue weighted by Gasteiger charge is 2.34. The lowest BCUT2D eigenvalue weighted by Gasteiger charge is -2.34. The first-order valence-electron chi connectivity index (χ1n) is 13.1. The number of nitrogens with one attached hydrogen (secondary N) is 1. The van der Waals surface area contributed by atoms with Crippen LogP contribution in [0.3, 0.4) is 0 Å². The van der Waals surface area contributed by atoms with Crippen LogP contribution in [0.4, 0.5) is 14.5 Å². The molecule has 0 saturated heterocycles. The number of hydrogen-bond donors (Lipinski definition) is 1. The number of rotatable bonds is 4. The predicted molar refractivity (Wildman–Crippen MR) is 150 cm³/mol. The van der Waals surface area contributed by atoms with Gasteiger partial charge in [0, 0.05) is 22.7 Å². The largest absolute Gasteiger partial charge is 0.322 e. The molecular formula is C34H27F2NO2. The first-order valence-corrected chi connectivity index (χ1v) is 13.1. The molecule has 1 unspecified atom stereocenters. The van der Waals surface area contributed by atoms with E-state index in [2.05, 4.69) is 43.4 Å². The standard InChI is InChI=1S/C34H27F2NO2/c1-34(2)19-23(32(38)21-3-9-24(35)10-4-21)17-30-28-14-8-20-7-13-26(18-29(20)27(28)15-16-31(30)34)37-33(39)22-5-11-25(36)12-6-22/h3-7,9-18,23H,8,19H2,1-2H3,(H,37,39). The molecule has 2 aliphatic rings. The third-order valence-corrected chi connectivity index (χ3v) is 7.87. The number of benzene rings is 4. The maximum absolute atomic E-state index is 13.5. The Labute approximate surface area is 225 Å². The second kappa shape index (κ2) is 9.42. The van der Waals surface area contributed by atoms with E-state index in [4.69, 9.17) is 0 Å². The van der Waals surface area contributed by atoms with Gasteiger partial charge >= 0.3 is 0 Å². The van der Waals surface area contributed by atoms with Crippen LogP contribution < -0.4 is 15.8 Å². The Kier molecular flexibility index (Phi) is 6.02. The minimum atomic E-state index is -0.391. The molecule has 4 aromatic rings. The summed E-state index contributed by atoms with van der Waals surface area (Å²) in [4.78, 5) is 26.2. The zero-order chi connectivity index (χ0) is 27.3. The third-order valence-electron chi connectivity index (χ3n) is 7.87. The van der Waals surface area contributed by atoms with Crippen LogP contribution >= 0.6 is 0 Å². The van der Waals surface area contributed by atoms with Crippen molar-refractivity contribution in [3.63, 3.8) is 0 Å². The number of carbonyl (C=O) groups is 2. The van der Waals surface area contributed by atoms with E-state index in [0.29, 0.717) is 23.2 Å². The maximum Gasteiger partial charge on any atom is 0.255 e. The highest BCUT2D eigenvalue weighted by molar-refractivity contribution is 6.04. The van der Waals surface area contributed by atoms with Gasteiger partial charge in [-0.2, -0.15) is 0 Å². The lowest BCUT2D eigenvalue weighted by Crippen LogP contribution is -2.43. The molecule has 1 amide bonds. The average Bonchev–Trinajstić information content (AvgIpc) is 2.92. The monoisotopic (exact) mass is 519 g/mol. The Morgan fingerprint density at radius 1 is 0.795 bits per heavy atom. The summed E-state index contributed by atoms with van der Waals surface area (Å²) in [5, 5.41) is 5.08. The smallest absolute Gasteiger partial charge is 0.255 e. The lowest BCUT2D eigenvalue weighted by atomic mass is 9.69. The van der Waals surface area contributed by atoms with Crippen molar-refractivity contribution in [1.29, 1.82) is 0 Å². The van der Waals surface area contributed by atoms with Crippen LogP contribution in [-0.4, -0.2) is 11.7 Å². The van der Waals surface area contributed by atoms with Crippen LogP contribution in [0.5, 0.6) is 0 Å². The molecule has 4 aromatic carbocycles. The van der Waals surface area contributed by atoms with Gasteiger partial charge in [0.1, 0.15) is 11.6 Å². The van der Waals surface area contributed by atoms with E-state index in [0.717, 1.165) is 33.5 Å². The second-order valence-electron chi connectivity index (χ2n) is 11.0. The molecule has 0 spiro atoms. The van der Waals surface area contributed by atoms with Gasteiger partial charge in [0.25, 0.3) is 5.91 Å². The van der Waals surface area contributed by atoms with Crippen LogP contribution in [-0.2, 0) is 11.8 Å². The van der Waals surface area contributed by atoms with E-state index in [1.807, 2.05) is 18.2 Å². The van der Waals surface area contributed by atoms with E-state index >= 15 is 0 Å². The van der Waals surface area contributed by atoms with Gasteiger partial charge in [-0.05, 0) is 112 Å². The predicted octanol–water partition coefficient (Wildman–Crippen LogP) is 6.18. The highest BCUT2D eigenvalue weighted by atomic mass is 19.1. The number of fused-ring (bicyclic) bond motifs is 5. The van der Waals surface area contributed by atoms with Crippen molar-refractivity contribution < 1.29 is 18.4 Å². The fraction of sp³-hybridized carbons (Fsp3) is 0.176. The summed E-state index contributed by atoms with van der Waals surface area (Å²) in [5.41, 5.74) is 5.75. The summed E-state index contributed by atoms with van der Waals surface area (Å²) >= 11 is 0. The first kappa shape index (κ1) is 24.9. The summed E-state index contributed by atoms with van der Waals surface area (Å²) in [6.45, 7) is 4.33. The number of ketones is 1. The first-order chi connectivity index (χ1) is 18.7. The van der Waals surface area contributed by atoms with E-state index in [1.54, 1.807) is 12.1 Å². The van der Waals surface area contributed by atoms with Crippen molar-refractivity contribution in [3.8, 4) is 11.1 Å². The second-order valence-corrected chi connectivity index (χ2v) is 11.0. The zero-order valence-electron chi connectivity index (χ0n) is 21.7. The Bertz CT molecular complexity index is 1750. The molecule has 0 aromatic heterocycles. The summed E-state index contributed by atoms with van der Waals surface area (Å²) in [6, 6.07) is 21.4. The molecule has 0 fully saturated rings. The number of hydrogen-bond acceptors (Lipinski definition) is 2. The van der Waals surface area contributed by atoms with Gasteiger partial charge in [-0.15, -0.1) is 0 Å². The van der Waals surface area contributed by atoms with Crippen molar-refractivity contribution >= 4 is 29.5 Å². The van der Waals surface area contributed by atoms with Gasteiger partial charge < -0.3 is 5.32 Å². The maximum atomic E-state index is 13.5. The van der Waals surface area contributed by atoms with E-state index in [-0.39, 0.29) is 28.8 Å². The van der Waals surface area contributed by atoms with Crippen molar-refractivity contribution in [2.45, 2.75) is 32.1 Å². The molecule has 5 heteroatoms. The van der Waals surface area contributed by atoms with Crippen LogP contribution in [0.25, 0.3) is 23.3 Å². The number of anilines is 1. The van der Waals surface area contributed by atoms with E-state index < -0.39 is 5.82 Å². The van der Waals surface area contributed by atoms with Crippen LogP contribution in [0.15, 0.2) is 78.9 Å². The Morgan fingerprint density at radius 2 is 1.46 bits per heavy atom. The number of Topliss-reactive ketones (excluding diaryl/α,β-unsaturated/α-hetero) is 1. The molecule has 3 nitrogen and oxygen atoms in total. The van der Waals surface area contributed by atoms with Gasteiger partial charge in [-0.3, -0.25) is 9.59 Å².